The van der Waals surface area contributed by atoms with Crippen molar-refractivity contribution in [3.63, 3.8) is 0 Å². The van der Waals surface area contributed by atoms with Gasteiger partial charge in [0.15, 0.2) is 10.6 Å². The number of amides is 1. The van der Waals surface area contributed by atoms with Gasteiger partial charge in [-0.1, -0.05) is 6.07 Å². The smallest absolute Gasteiger partial charge is 0.242 e. The number of nitrogens with zero attached hydrogens (tertiary/aromatic N) is 3. The van der Waals surface area contributed by atoms with Crippen LogP contribution in [-0.2, 0) is 14.8 Å². The number of sulfonamides is 1. The zero-order valence-electron chi connectivity index (χ0n) is 15.2. The van der Waals surface area contributed by atoms with Crippen LogP contribution < -0.4 is 5.32 Å². The van der Waals surface area contributed by atoms with Gasteiger partial charge >= 0.3 is 0 Å². The Morgan fingerprint density at radius 3 is 2.78 bits per heavy atom. The molecule has 0 bridgehead atoms. The van der Waals surface area contributed by atoms with E-state index in [9.17, 15) is 13.2 Å². The summed E-state index contributed by atoms with van der Waals surface area (Å²) in [5.41, 5.74) is 0. The summed E-state index contributed by atoms with van der Waals surface area (Å²) in [5, 5.41) is 12.0. The molecule has 3 rings (SSSR count). The van der Waals surface area contributed by atoms with E-state index in [0.29, 0.717) is 30.2 Å². The SMILES string of the molecule is CC(C(=O)NCC1CCN(S(C)(=O)=O)CC1)n1c(-c2cccs2)n[nH]c1=S. The van der Waals surface area contributed by atoms with E-state index in [2.05, 4.69) is 15.5 Å². The first-order chi connectivity index (χ1) is 12.8. The first-order valence-electron chi connectivity index (χ1n) is 8.71. The quantitative estimate of drug-likeness (QED) is 0.685. The van der Waals surface area contributed by atoms with E-state index >= 15 is 0 Å². The lowest BCUT2D eigenvalue weighted by Gasteiger charge is -2.30. The van der Waals surface area contributed by atoms with Crippen LogP contribution in [0, 0.1) is 10.7 Å². The second-order valence-corrected chi connectivity index (χ2v) is 10.0. The van der Waals surface area contributed by atoms with Gasteiger partial charge in [-0.15, -0.1) is 11.3 Å². The average Bonchev–Trinajstić information content (AvgIpc) is 3.28. The molecule has 27 heavy (non-hydrogen) atoms. The molecule has 0 spiro atoms. The molecule has 11 heteroatoms. The van der Waals surface area contributed by atoms with E-state index in [1.165, 1.54) is 21.9 Å². The topological polar surface area (TPSA) is 100 Å². The second-order valence-electron chi connectivity index (χ2n) is 6.73. The van der Waals surface area contributed by atoms with Crippen LogP contribution >= 0.6 is 23.6 Å². The zero-order valence-corrected chi connectivity index (χ0v) is 17.7. The number of aromatic nitrogens is 3. The minimum Gasteiger partial charge on any atom is -0.354 e. The highest BCUT2D eigenvalue weighted by Gasteiger charge is 2.26. The van der Waals surface area contributed by atoms with E-state index in [4.69, 9.17) is 12.2 Å². The Morgan fingerprint density at radius 1 is 1.48 bits per heavy atom. The van der Waals surface area contributed by atoms with Gasteiger partial charge in [-0.05, 0) is 49.3 Å². The second kappa shape index (κ2) is 8.21. The normalized spacial score (nSPS) is 17.7. The van der Waals surface area contributed by atoms with Crippen molar-refractivity contribution in [1.82, 2.24) is 24.4 Å². The van der Waals surface area contributed by atoms with Crippen molar-refractivity contribution in [3.05, 3.63) is 22.3 Å². The fraction of sp³-hybridized carbons (Fsp3) is 0.562. The van der Waals surface area contributed by atoms with Gasteiger partial charge in [0, 0.05) is 19.6 Å². The summed E-state index contributed by atoms with van der Waals surface area (Å²) in [5.74, 6) is 0.795. The molecule has 1 aliphatic heterocycles. The molecule has 3 heterocycles. The molecule has 1 amide bonds. The van der Waals surface area contributed by atoms with Gasteiger partial charge in [0.2, 0.25) is 15.9 Å². The number of nitrogens with one attached hydrogen (secondary N) is 2. The summed E-state index contributed by atoms with van der Waals surface area (Å²) >= 11 is 6.84. The molecule has 2 aromatic heterocycles. The van der Waals surface area contributed by atoms with Gasteiger partial charge in [0.05, 0.1) is 11.1 Å². The van der Waals surface area contributed by atoms with Crippen LogP contribution in [0.2, 0.25) is 0 Å². The first kappa shape index (κ1) is 20.2. The van der Waals surface area contributed by atoms with Crippen LogP contribution in [0.15, 0.2) is 17.5 Å². The van der Waals surface area contributed by atoms with Gasteiger partial charge in [-0.25, -0.2) is 12.7 Å². The molecule has 1 unspecified atom stereocenters. The Balaban J connectivity index is 1.60. The van der Waals surface area contributed by atoms with Crippen LogP contribution in [0.5, 0.6) is 0 Å². The maximum atomic E-state index is 12.7. The number of aromatic amines is 1. The summed E-state index contributed by atoms with van der Waals surface area (Å²) in [6, 6.07) is 3.37. The van der Waals surface area contributed by atoms with E-state index in [-0.39, 0.29) is 11.8 Å². The Bertz CT molecular complexity index is 940. The molecule has 0 aromatic carbocycles. The van der Waals surface area contributed by atoms with E-state index < -0.39 is 16.1 Å². The molecule has 1 fully saturated rings. The molecule has 0 aliphatic carbocycles. The highest BCUT2D eigenvalue weighted by molar-refractivity contribution is 7.88. The summed E-state index contributed by atoms with van der Waals surface area (Å²) in [6.45, 7) is 3.33. The Hall–Kier alpha value is -1.56. The average molecular weight is 430 g/mol. The van der Waals surface area contributed by atoms with Crippen molar-refractivity contribution in [2.75, 3.05) is 25.9 Å². The van der Waals surface area contributed by atoms with Crippen molar-refractivity contribution < 1.29 is 13.2 Å². The molecule has 148 valence electrons. The molecule has 2 aromatic rings. The van der Waals surface area contributed by atoms with Gasteiger partial charge in [0.1, 0.15) is 6.04 Å². The molecule has 2 N–H and O–H groups in total. The predicted octanol–water partition coefficient (Wildman–Crippen LogP) is 2.02. The van der Waals surface area contributed by atoms with Gasteiger partial charge in [-0.2, -0.15) is 5.10 Å². The van der Waals surface area contributed by atoms with Crippen LogP contribution in [0.25, 0.3) is 10.7 Å². The van der Waals surface area contributed by atoms with Crippen LogP contribution in [0.3, 0.4) is 0 Å². The fourth-order valence-corrected chi connectivity index (χ4v) is 5.07. The Morgan fingerprint density at radius 2 is 2.19 bits per heavy atom. The van der Waals surface area contributed by atoms with E-state index in [0.717, 1.165) is 17.7 Å². The first-order valence-corrected chi connectivity index (χ1v) is 11.8. The van der Waals surface area contributed by atoms with Gasteiger partial charge in [-0.3, -0.25) is 14.5 Å². The molecular weight excluding hydrogens is 406 g/mol. The van der Waals surface area contributed by atoms with E-state index in [1.807, 2.05) is 17.5 Å². The monoisotopic (exact) mass is 429 g/mol. The summed E-state index contributed by atoms with van der Waals surface area (Å²) in [4.78, 5) is 13.6. The number of carbonyl (C=O) groups excluding carboxylic acids is 1. The van der Waals surface area contributed by atoms with Crippen molar-refractivity contribution >= 4 is 39.5 Å². The fourth-order valence-electron chi connectivity index (χ4n) is 3.20. The number of hydrogen-bond acceptors (Lipinski definition) is 6. The molecular formula is C16H23N5O3S3. The van der Waals surface area contributed by atoms with Crippen molar-refractivity contribution in [3.8, 4) is 10.7 Å². The lowest BCUT2D eigenvalue weighted by atomic mass is 9.98. The lowest BCUT2D eigenvalue weighted by molar-refractivity contribution is -0.124. The number of H-pyrrole nitrogens is 1. The molecule has 0 radical (unpaired) electrons. The molecule has 0 saturated carbocycles. The summed E-state index contributed by atoms with van der Waals surface area (Å²) < 4.78 is 26.8. The zero-order chi connectivity index (χ0) is 19.6. The third kappa shape index (κ3) is 4.65. The molecule has 8 nitrogen and oxygen atoms in total. The number of thiophene rings is 1. The van der Waals surface area contributed by atoms with Crippen molar-refractivity contribution in [2.45, 2.75) is 25.8 Å². The maximum absolute atomic E-state index is 12.7. The van der Waals surface area contributed by atoms with Crippen LogP contribution in [0.4, 0.5) is 0 Å². The summed E-state index contributed by atoms with van der Waals surface area (Å²) in [6.07, 6.45) is 2.72. The highest BCUT2D eigenvalue weighted by atomic mass is 32.2. The Labute approximate surface area is 167 Å². The number of hydrogen-bond donors (Lipinski definition) is 2. The van der Waals surface area contributed by atoms with Crippen molar-refractivity contribution in [1.29, 1.82) is 0 Å². The van der Waals surface area contributed by atoms with Crippen LogP contribution in [-0.4, -0.2) is 59.3 Å². The molecule has 1 aliphatic rings. The minimum atomic E-state index is -3.13. The molecule has 1 atom stereocenters. The maximum Gasteiger partial charge on any atom is 0.242 e. The number of rotatable bonds is 6. The third-order valence-corrected chi connectivity index (χ3v) is 7.28. The van der Waals surface area contributed by atoms with Crippen molar-refractivity contribution in [2.24, 2.45) is 5.92 Å². The standard InChI is InChI=1S/C16H23N5O3S3/c1-11(21-14(18-19-16(21)25)13-4-3-9-26-13)15(22)17-10-12-5-7-20(8-6-12)27(2,23)24/h3-4,9,11-12H,5-8,10H2,1-2H3,(H,17,22)(H,19,25). The van der Waals surface area contributed by atoms with Gasteiger partial charge in [0.25, 0.3) is 0 Å². The highest BCUT2D eigenvalue weighted by Crippen LogP contribution is 2.25. The summed E-state index contributed by atoms with van der Waals surface area (Å²) in [7, 11) is -3.13. The predicted molar refractivity (Wildman–Crippen MR) is 108 cm³/mol. The number of piperidine rings is 1. The Kier molecular flexibility index (Phi) is 6.14. The minimum absolute atomic E-state index is 0.129. The number of carbonyl (C=O) groups is 1. The van der Waals surface area contributed by atoms with Crippen LogP contribution in [0.1, 0.15) is 25.8 Å². The largest absolute Gasteiger partial charge is 0.354 e. The van der Waals surface area contributed by atoms with E-state index in [1.54, 1.807) is 11.5 Å². The lowest BCUT2D eigenvalue weighted by Crippen LogP contribution is -2.42. The van der Waals surface area contributed by atoms with Gasteiger partial charge < -0.3 is 5.32 Å². The third-order valence-electron chi connectivity index (χ3n) is 4.82. The molecule has 1 saturated heterocycles.